The largest absolute Gasteiger partial charge is 0.480 e. The molecule has 0 radical (unpaired) electrons. The average Bonchev–Trinajstić information content (AvgIpc) is 3.31. The van der Waals surface area contributed by atoms with E-state index in [9.17, 15) is 19.8 Å². The van der Waals surface area contributed by atoms with E-state index in [2.05, 4.69) is 47.4 Å². The molecule has 3 aromatic carbocycles. The van der Waals surface area contributed by atoms with Crippen LogP contribution in [0.1, 0.15) is 47.9 Å². The number of carboxylic acids is 2. The highest BCUT2D eigenvalue weighted by molar-refractivity contribution is 5.99. The maximum absolute atomic E-state index is 13.0. The summed E-state index contributed by atoms with van der Waals surface area (Å²) >= 11 is 0. The van der Waals surface area contributed by atoms with E-state index in [0.29, 0.717) is 19.6 Å². The highest BCUT2D eigenvalue weighted by Gasteiger charge is 2.76. The van der Waals surface area contributed by atoms with Crippen LogP contribution in [0.15, 0.2) is 84.9 Å². The second kappa shape index (κ2) is 8.04. The summed E-state index contributed by atoms with van der Waals surface area (Å²) in [5.41, 5.74) is 1.35. The number of hydrogen-bond donors (Lipinski definition) is 2. The fraction of sp³-hybridized carbons (Fsp3) is 0.355. The minimum Gasteiger partial charge on any atom is -0.480 e. The summed E-state index contributed by atoms with van der Waals surface area (Å²) in [6.45, 7) is 3.24. The minimum absolute atomic E-state index is 0.137. The van der Waals surface area contributed by atoms with Crippen molar-refractivity contribution in [2.75, 3.05) is 13.1 Å². The molecule has 4 aliphatic rings. The predicted octanol–water partition coefficient (Wildman–Crippen LogP) is 5.16. The molecule has 1 saturated carbocycles. The van der Waals surface area contributed by atoms with Gasteiger partial charge < -0.3 is 10.2 Å². The smallest absolute Gasteiger partial charge is 0.321 e. The third-order valence-corrected chi connectivity index (χ3v) is 9.73. The zero-order chi connectivity index (χ0) is 25.1. The highest BCUT2D eigenvalue weighted by Crippen LogP contribution is 2.73. The Hall–Kier alpha value is -3.44. The van der Waals surface area contributed by atoms with Gasteiger partial charge in [-0.3, -0.25) is 14.5 Å². The molecule has 4 atom stereocenters. The number of carboxylic acid groups (broad SMARTS) is 2. The molecular formula is C31H31NO4. The topological polar surface area (TPSA) is 77.8 Å². The first-order valence-electron chi connectivity index (χ1n) is 12.7. The van der Waals surface area contributed by atoms with Crippen LogP contribution in [-0.4, -0.2) is 40.1 Å². The number of nitrogens with zero attached hydrogens (tertiary/aromatic N) is 1. The molecule has 0 amide bonds. The van der Waals surface area contributed by atoms with Crippen LogP contribution < -0.4 is 0 Å². The predicted molar refractivity (Wildman–Crippen MR) is 137 cm³/mol. The molecule has 2 N–H and O–H groups in total. The van der Waals surface area contributed by atoms with E-state index in [1.54, 1.807) is 0 Å². The number of aliphatic carboxylic acids is 2. The zero-order valence-corrected chi connectivity index (χ0v) is 20.4. The zero-order valence-electron chi connectivity index (χ0n) is 20.4. The third kappa shape index (κ3) is 2.81. The van der Waals surface area contributed by atoms with Crippen molar-refractivity contribution in [1.29, 1.82) is 0 Å². The molecule has 1 saturated heterocycles. The van der Waals surface area contributed by atoms with Crippen molar-refractivity contribution in [2.24, 2.45) is 16.7 Å². The van der Waals surface area contributed by atoms with Gasteiger partial charge in [-0.1, -0.05) is 84.9 Å². The first kappa shape index (κ1) is 23.0. The number of benzene rings is 3. The molecule has 0 spiro atoms. The molecule has 4 unspecified atom stereocenters. The van der Waals surface area contributed by atoms with Crippen LogP contribution in [0.4, 0.5) is 0 Å². The lowest BCUT2D eigenvalue weighted by molar-refractivity contribution is -0.184. The lowest BCUT2D eigenvalue weighted by Crippen LogP contribution is -2.66. The van der Waals surface area contributed by atoms with Crippen LogP contribution in [0.25, 0.3) is 0 Å². The first-order valence-corrected chi connectivity index (χ1v) is 12.7. The maximum Gasteiger partial charge on any atom is 0.321 e. The van der Waals surface area contributed by atoms with Gasteiger partial charge in [0.1, 0.15) is 0 Å². The minimum atomic E-state index is -1.93. The quantitative estimate of drug-likeness (QED) is 0.476. The highest BCUT2D eigenvalue weighted by atomic mass is 16.4. The maximum atomic E-state index is 13.0. The molecule has 0 aromatic heterocycles. The van der Waals surface area contributed by atoms with E-state index in [1.165, 1.54) is 12.5 Å². The van der Waals surface area contributed by atoms with Gasteiger partial charge >= 0.3 is 11.9 Å². The molecule has 1 heterocycles. The SMILES string of the molecule is CC(C(=O)O)(C(=O)O)C12CN(Cc3ccccc3)CC1C1(c3ccccc3)CCC2c2ccccc21. The van der Waals surface area contributed by atoms with E-state index >= 15 is 0 Å². The standard InChI is InChI=1S/C31H31NO4/c1-29(27(33)34,28(35)36)31-20-32(18-21-10-4-2-5-11-21)19-26(31)30(22-12-6-3-7-13-22)17-16-25(31)23-14-8-9-15-24(23)30/h2-15,25-26H,16-20H2,1H3,(H,33,34)(H,35,36). The van der Waals surface area contributed by atoms with Gasteiger partial charge in [-0.15, -0.1) is 0 Å². The molecule has 1 aliphatic heterocycles. The molecule has 3 aliphatic carbocycles. The van der Waals surface area contributed by atoms with Crippen molar-refractivity contribution in [1.82, 2.24) is 4.90 Å². The van der Waals surface area contributed by atoms with Gasteiger partial charge in [0, 0.05) is 30.5 Å². The lowest BCUT2D eigenvalue weighted by atomic mass is 9.37. The summed E-state index contributed by atoms with van der Waals surface area (Å²) in [5, 5.41) is 21.2. The van der Waals surface area contributed by atoms with Gasteiger partial charge in [0.2, 0.25) is 0 Å². The molecule has 2 fully saturated rings. The first-order chi connectivity index (χ1) is 17.4. The van der Waals surface area contributed by atoms with Gasteiger partial charge in [-0.05, 0) is 53.9 Å². The van der Waals surface area contributed by atoms with E-state index in [4.69, 9.17) is 0 Å². The Morgan fingerprint density at radius 2 is 1.53 bits per heavy atom. The molecular weight excluding hydrogens is 450 g/mol. The Balaban J connectivity index is 1.62. The Morgan fingerprint density at radius 3 is 2.19 bits per heavy atom. The summed E-state index contributed by atoms with van der Waals surface area (Å²) < 4.78 is 0. The summed E-state index contributed by atoms with van der Waals surface area (Å²) in [7, 11) is 0. The number of hydrogen-bond acceptors (Lipinski definition) is 3. The van der Waals surface area contributed by atoms with E-state index < -0.39 is 28.2 Å². The molecule has 5 nitrogen and oxygen atoms in total. The van der Waals surface area contributed by atoms with Gasteiger partial charge in [0.05, 0.1) is 0 Å². The fourth-order valence-corrected chi connectivity index (χ4v) is 8.22. The van der Waals surface area contributed by atoms with Crippen LogP contribution in [0.5, 0.6) is 0 Å². The Bertz CT molecular complexity index is 1310. The summed E-state index contributed by atoms with van der Waals surface area (Å²) in [6, 6.07) is 28.9. The Kier molecular flexibility index (Phi) is 5.13. The van der Waals surface area contributed by atoms with Gasteiger partial charge in [-0.2, -0.15) is 0 Å². The van der Waals surface area contributed by atoms with Crippen LogP contribution in [0, 0.1) is 16.7 Å². The molecule has 2 bridgehead atoms. The number of likely N-dealkylation sites (tertiary alicyclic amines) is 1. The van der Waals surface area contributed by atoms with E-state index in [1.807, 2.05) is 42.5 Å². The number of carbonyl (C=O) groups is 2. The molecule has 36 heavy (non-hydrogen) atoms. The normalized spacial score (nSPS) is 28.9. The van der Waals surface area contributed by atoms with E-state index in [0.717, 1.165) is 29.5 Å². The number of rotatable bonds is 6. The summed E-state index contributed by atoms with van der Waals surface area (Å²) in [6.07, 6.45) is 1.66. The van der Waals surface area contributed by atoms with Crippen LogP contribution in [-0.2, 0) is 21.5 Å². The second-order valence-electron chi connectivity index (χ2n) is 11.0. The van der Waals surface area contributed by atoms with Crippen molar-refractivity contribution in [3.05, 3.63) is 107 Å². The molecule has 3 aromatic rings. The third-order valence-electron chi connectivity index (χ3n) is 9.73. The lowest BCUT2D eigenvalue weighted by Gasteiger charge is -2.64. The van der Waals surface area contributed by atoms with Gasteiger partial charge in [-0.25, -0.2) is 0 Å². The molecule has 5 heteroatoms. The monoisotopic (exact) mass is 481 g/mol. The van der Waals surface area contributed by atoms with E-state index in [-0.39, 0.29) is 11.8 Å². The van der Waals surface area contributed by atoms with Gasteiger partial charge in [0.15, 0.2) is 5.41 Å². The number of fused-ring (bicyclic) bond motifs is 1. The Morgan fingerprint density at radius 1 is 0.917 bits per heavy atom. The summed E-state index contributed by atoms with van der Waals surface area (Å²) in [4.78, 5) is 28.3. The van der Waals surface area contributed by atoms with Crippen molar-refractivity contribution in [2.45, 2.75) is 37.6 Å². The average molecular weight is 482 g/mol. The van der Waals surface area contributed by atoms with Gasteiger partial charge in [0.25, 0.3) is 0 Å². The second-order valence-corrected chi connectivity index (χ2v) is 11.0. The van der Waals surface area contributed by atoms with Crippen LogP contribution in [0.3, 0.4) is 0 Å². The van der Waals surface area contributed by atoms with Crippen molar-refractivity contribution < 1.29 is 19.8 Å². The molecule has 184 valence electrons. The van der Waals surface area contributed by atoms with Crippen LogP contribution in [0.2, 0.25) is 0 Å². The summed E-state index contributed by atoms with van der Waals surface area (Å²) in [5.74, 6) is -2.77. The van der Waals surface area contributed by atoms with Crippen molar-refractivity contribution >= 4 is 11.9 Å². The fourth-order valence-electron chi connectivity index (χ4n) is 8.22. The Labute approximate surface area is 211 Å². The molecule has 7 rings (SSSR count). The van der Waals surface area contributed by atoms with Crippen molar-refractivity contribution in [3.8, 4) is 0 Å². The van der Waals surface area contributed by atoms with Crippen molar-refractivity contribution in [3.63, 3.8) is 0 Å². The van der Waals surface area contributed by atoms with Crippen LogP contribution >= 0.6 is 0 Å².